The number of primary amides is 2. The molecule has 0 bridgehead atoms. The fraction of sp³-hybridized carbons (Fsp3) is 0. The van der Waals surface area contributed by atoms with Crippen LogP contribution in [0.2, 0.25) is 0 Å². The number of hydrogen-bond donors (Lipinski definition) is 2. The Labute approximate surface area is 82.4 Å². The van der Waals surface area contributed by atoms with E-state index >= 15 is 0 Å². The monoisotopic (exact) mass is 110 g/mol. The molecule has 0 fully saturated rings. The van der Waals surface area contributed by atoms with Gasteiger partial charge in [0, 0.05) is 0 Å². The predicted molar refractivity (Wildman–Crippen MR) is 22.9 cm³/mol. The Morgan fingerprint density at radius 2 is 1.50 bits per heavy atom. The molecule has 0 rings (SSSR count). The van der Waals surface area contributed by atoms with Gasteiger partial charge in [-0.2, -0.15) is 0 Å². The van der Waals surface area contributed by atoms with Crippen LogP contribution in [0.1, 0.15) is 4.28 Å². The molecule has 0 spiro atoms. The van der Waals surface area contributed by atoms with Crippen molar-refractivity contribution in [3.63, 3.8) is 0 Å². The van der Waals surface area contributed by atoms with E-state index in [2.05, 4.69) is 11.5 Å². The number of amides is 2. The van der Waals surface area contributed by atoms with Crippen molar-refractivity contribution in [2.45, 2.75) is 0 Å². The van der Waals surface area contributed by atoms with Crippen LogP contribution in [0, 0.1) is 0 Å². The first-order chi connectivity index (χ1) is 1.73. The van der Waals surface area contributed by atoms with Gasteiger partial charge in [0.05, 0.1) is 0 Å². The van der Waals surface area contributed by atoms with Crippen molar-refractivity contribution in [3.8, 4) is 0 Å². The van der Waals surface area contributed by atoms with Gasteiger partial charge >= 0.3 is 62.6 Å². The van der Waals surface area contributed by atoms with Crippen molar-refractivity contribution >= 4 is 43.8 Å². The van der Waals surface area contributed by atoms with Crippen LogP contribution < -0.4 is 30.3 Å². The first-order valence-corrected chi connectivity index (χ1v) is 0.781. The molecule has 4 N–H and O–H groups in total. The Bertz CT molecular complexity index is 44.8. The SMILES string of the molecule is NC(N)=O.[Ca+2].[H-].[H-].[H-].[Li+]. The van der Waals surface area contributed by atoms with Crippen molar-refractivity contribution in [2.75, 3.05) is 0 Å². The van der Waals surface area contributed by atoms with Crippen molar-refractivity contribution in [3.05, 3.63) is 0 Å². The minimum Gasteiger partial charge on any atom is -1.00 e. The smallest absolute Gasteiger partial charge is 1.00 e. The maximum Gasteiger partial charge on any atom is 2.00 e. The minimum absolute atomic E-state index is 0. The van der Waals surface area contributed by atoms with Gasteiger partial charge in [-0.05, 0) is 0 Å². The standard InChI is InChI=1S/CH4N2O.Ca.Li.3H/c2-1(3)4;;;;;/h(H4,2,3,4);;;;;/q;+2;+1;3*-1. The zero-order valence-electron chi connectivity index (χ0n) is 6.77. The van der Waals surface area contributed by atoms with E-state index in [1.807, 2.05) is 0 Å². The molecule has 0 saturated heterocycles. The van der Waals surface area contributed by atoms with Crippen molar-refractivity contribution < 1.29 is 27.9 Å². The Hall–Kier alpha value is 1.13. The summed E-state index contributed by atoms with van der Waals surface area (Å²) in [6.07, 6.45) is 0. The van der Waals surface area contributed by atoms with Crippen LogP contribution in [0.4, 0.5) is 4.79 Å². The van der Waals surface area contributed by atoms with E-state index in [9.17, 15) is 0 Å². The third-order valence-electron chi connectivity index (χ3n) is 0. The summed E-state index contributed by atoms with van der Waals surface area (Å²) in [6, 6.07) is -0.833. The van der Waals surface area contributed by atoms with E-state index in [0.29, 0.717) is 0 Å². The van der Waals surface area contributed by atoms with Crippen molar-refractivity contribution in [2.24, 2.45) is 11.5 Å². The Balaban J connectivity index is -0.00000000450. The molecule has 0 aromatic rings. The molecular weight excluding hydrogens is 103 g/mol. The molecule has 0 aliphatic heterocycles. The fourth-order valence-electron chi connectivity index (χ4n) is 0. The number of rotatable bonds is 0. The van der Waals surface area contributed by atoms with Gasteiger partial charge in [0.25, 0.3) is 0 Å². The minimum atomic E-state index is -0.833. The molecule has 0 aliphatic rings. The average molecular weight is 110 g/mol. The van der Waals surface area contributed by atoms with Crippen LogP contribution in [-0.2, 0) is 0 Å². The van der Waals surface area contributed by atoms with Gasteiger partial charge in [0.15, 0.2) is 0 Å². The summed E-state index contributed by atoms with van der Waals surface area (Å²) < 4.78 is 0. The summed E-state index contributed by atoms with van der Waals surface area (Å²) in [7, 11) is 0. The van der Waals surface area contributed by atoms with E-state index in [-0.39, 0.29) is 60.9 Å². The van der Waals surface area contributed by atoms with Crippen LogP contribution >= 0.6 is 0 Å². The summed E-state index contributed by atoms with van der Waals surface area (Å²) in [5, 5.41) is 0. The number of carbonyl (C=O) groups is 1. The largest absolute Gasteiger partial charge is 2.00 e. The van der Waals surface area contributed by atoms with Crippen molar-refractivity contribution in [1.29, 1.82) is 0 Å². The first-order valence-electron chi connectivity index (χ1n) is 0.781. The van der Waals surface area contributed by atoms with Gasteiger partial charge in [-0.25, -0.2) is 4.79 Å². The molecule has 3 nitrogen and oxygen atoms in total. The summed E-state index contributed by atoms with van der Waals surface area (Å²) in [5.41, 5.74) is 8.50. The first kappa shape index (κ1) is 15.7. The normalized spacial score (nSPS) is 4.00. The maximum absolute atomic E-state index is 9.00. The number of hydrogen-bond acceptors (Lipinski definition) is 1. The second-order valence-corrected chi connectivity index (χ2v) is 0.402. The third-order valence-corrected chi connectivity index (χ3v) is 0. The van der Waals surface area contributed by atoms with E-state index in [1.54, 1.807) is 0 Å². The molecule has 0 unspecified atom stereocenters. The number of carbonyl (C=O) groups excluding carboxylic acids is 1. The van der Waals surface area contributed by atoms with Gasteiger partial charge in [-0.15, -0.1) is 0 Å². The molecule has 0 saturated carbocycles. The molecule has 30 valence electrons. The topological polar surface area (TPSA) is 69.1 Å². The second-order valence-electron chi connectivity index (χ2n) is 0.402. The Morgan fingerprint density at radius 3 is 1.50 bits per heavy atom. The van der Waals surface area contributed by atoms with E-state index in [4.69, 9.17) is 4.79 Å². The summed E-state index contributed by atoms with van der Waals surface area (Å²) >= 11 is 0. The van der Waals surface area contributed by atoms with E-state index < -0.39 is 6.03 Å². The molecule has 0 aromatic carbocycles. The summed E-state index contributed by atoms with van der Waals surface area (Å²) in [6.45, 7) is 0. The van der Waals surface area contributed by atoms with Crippen LogP contribution in [0.15, 0.2) is 0 Å². The molecule has 0 aromatic heterocycles. The Morgan fingerprint density at radius 1 is 1.50 bits per heavy atom. The van der Waals surface area contributed by atoms with Crippen LogP contribution in [0.5, 0.6) is 0 Å². The Kier molecular flexibility index (Phi) is 24.8. The zero-order chi connectivity index (χ0) is 3.58. The molecule has 6 heavy (non-hydrogen) atoms. The zero-order valence-corrected chi connectivity index (χ0v) is 5.98. The van der Waals surface area contributed by atoms with Crippen LogP contribution in [0.3, 0.4) is 0 Å². The second kappa shape index (κ2) is 9.46. The molecule has 5 heteroatoms. The van der Waals surface area contributed by atoms with Crippen LogP contribution in [-0.4, -0.2) is 43.8 Å². The number of urea groups is 1. The van der Waals surface area contributed by atoms with Gasteiger partial charge in [-0.3, -0.25) is 0 Å². The molecule has 0 aliphatic carbocycles. The van der Waals surface area contributed by atoms with E-state index in [1.165, 1.54) is 0 Å². The average Bonchev–Trinajstić information content (AvgIpc) is 0.811. The fourth-order valence-corrected chi connectivity index (χ4v) is 0. The number of nitrogens with two attached hydrogens (primary N) is 2. The van der Waals surface area contributed by atoms with Crippen LogP contribution in [0.25, 0.3) is 0 Å². The molecule has 0 heterocycles. The molecular formula is CH7CaLiN2O. The van der Waals surface area contributed by atoms with E-state index in [0.717, 1.165) is 0 Å². The summed E-state index contributed by atoms with van der Waals surface area (Å²) in [4.78, 5) is 9.00. The predicted octanol–water partition coefficient (Wildman–Crippen LogP) is -4.02. The quantitative estimate of drug-likeness (QED) is 0.306. The molecule has 0 radical (unpaired) electrons. The van der Waals surface area contributed by atoms with Gasteiger partial charge in [0.1, 0.15) is 0 Å². The van der Waals surface area contributed by atoms with Gasteiger partial charge in [0.2, 0.25) is 0 Å². The van der Waals surface area contributed by atoms with Gasteiger partial charge in [-0.1, -0.05) is 0 Å². The maximum atomic E-state index is 9.00. The summed E-state index contributed by atoms with van der Waals surface area (Å²) in [5.74, 6) is 0. The molecule has 2 amide bonds. The molecule has 0 atom stereocenters. The third kappa shape index (κ3) is 68.7. The van der Waals surface area contributed by atoms with Gasteiger partial charge < -0.3 is 15.7 Å². The van der Waals surface area contributed by atoms with Crippen molar-refractivity contribution in [1.82, 2.24) is 0 Å².